The molecule has 4 rings (SSSR count). The van der Waals surface area contributed by atoms with Crippen LogP contribution in [0.2, 0.25) is 0 Å². The number of benzene rings is 1. The SMILES string of the molecule is C1CC2CC1O2.COc1ccc(CC#N)cc1. The first kappa shape index (κ1) is 11.9. The standard InChI is InChI=1S/C9H9NO.C5H8O/c1-11-9-4-2-8(3-5-9)6-7-10;1-2-5-3-4(1)6-5/h2-5H,6H2,1H3;4-5H,1-3H2. The molecule has 0 N–H and O–H groups in total. The second kappa shape index (κ2) is 5.70. The lowest BCUT2D eigenvalue weighted by Gasteiger charge is -2.23. The molecule has 0 spiro atoms. The van der Waals surface area contributed by atoms with Gasteiger partial charge < -0.3 is 9.47 Å². The number of rotatable bonds is 2. The van der Waals surface area contributed by atoms with Gasteiger partial charge in [-0.2, -0.15) is 5.26 Å². The number of fused-ring (bicyclic) bond motifs is 1. The fourth-order valence-corrected chi connectivity index (χ4v) is 2.13. The molecule has 3 aliphatic rings. The van der Waals surface area contributed by atoms with Crippen molar-refractivity contribution in [3.8, 4) is 11.8 Å². The Kier molecular flexibility index (Phi) is 4.00. The van der Waals surface area contributed by atoms with Gasteiger partial charge in [-0.15, -0.1) is 0 Å². The predicted octanol–water partition coefficient (Wildman–Crippen LogP) is 2.70. The van der Waals surface area contributed by atoms with Gasteiger partial charge in [0.2, 0.25) is 0 Å². The molecule has 0 radical (unpaired) electrons. The van der Waals surface area contributed by atoms with E-state index in [2.05, 4.69) is 6.07 Å². The van der Waals surface area contributed by atoms with E-state index < -0.39 is 0 Å². The maximum atomic E-state index is 8.36. The van der Waals surface area contributed by atoms with E-state index in [4.69, 9.17) is 14.7 Å². The lowest BCUT2D eigenvalue weighted by Crippen LogP contribution is -2.25. The van der Waals surface area contributed by atoms with E-state index in [9.17, 15) is 0 Å². The van der Waals surface area contributed by atoms with Gasteiger partial charge in [-0.05, 0) is 37.0 Å². The van der Waals surface area contributed by atoms with Crippen molar-refractivity contribution in [2.45, 2.75) is 37.9 Å². The topological polar surface area (TPSA) is 42.2 Å². The molecule has 3 fully saturated rings. The highest BCUT2D eigenvalue weighted by Gasteiger charge is 2.36. The maximum absolute atomic E-state index is 8.36. The largest absolute Gasteiger partial charge is 0.497 e. The lowest BCUT2D eigenvalue weighted by atomic mass is 10.2. The first-order valence-corrected chi connectivity index (χ1v) is 5.97. The van der Waals surface area contributed by atoms with Crippen LogP contribution >= 0.6 is 0 Å². The van der Waals surface area contributed by atoms with E-state index in [-0.39, 0.29) is 0 Å². The quantitative estimate of drug-likeness (QED) is 0.786. The number of ether oxygens (including phenoxy) is 2. The van der Waals surface area contributed by atoms with Gasteiger partial charge in [0, 0.05) is 0 Å². The minimum absolute atomic E-state index is 0.462. The van der Waals surface area contributed by atoms with Crippen LogP contribution in [0, 0.1) is 11.3 Å². The Balaban J connectivity index is 0.000000148. The molecule has 2 aliphatic heterocycles. The molecule has 1 saturated carbocycles. The van der Waals surface area contributed by atoms with E-state index in [0.29, 0.717) is 18.6 Å². The molecule has 2 unspecified atom stereocenters. The van der Waals surface area contributed by atoms with Gasteiger partial charge in [0.25, 0.3) is 0 Å². The second-order valence-electron chi connectivity index (χ2n) is 4.38. The minimum Gasteiger partial charge on any atom is -0.497 e. The molecule has 2 saturated heterocycles. The Morgan fingerprint density at radius 3 is 2.24 bits per heavy atom. The molecule has 3 nitrogen and oxygen atoms in total. The third-order valence-corrected chi connectivity index (χ3v) is 3.16. The molecular weight excluding hydrogens is 214 g/mol. The summed E-state index contributed by atoms with van der Waals surface area (Å²) in [6, 6.07) is 9.57. The zero-order valence-corrected chi connectivity index (χ0v) is 10.1. The van der Waals surface area contributed by atoms with E-state index in [0.717, 1.165) is 11.3 Å². The Bertz CT molecular complexity index is 374. The van der Waals surface area contributed by atoms with Crippen LogP contribution < -0.4 is 4.74 Å². The Hall–Kier alpha value is -1.53. The molecule has 17 heavy (non-hydrogen) atoms. The van der Waals surface area contributed by atoms with E-state index >= 15 is 0 Å². The highest BCUT2D eigenvalue weighted by molar-refractivity contribution is 5.28. The first-order valence-electron chi connectivity index (χ1n) is 5.97. The van der Waals surface area contributed by atoms with Gasteiger partial charge in [-0.3, -0.25) is 0 Å². The number of hydrogen-bond donors (Lipinski definition) is 0. The summed E-state index contributed by atoms with van der Waals surface area (Å²) >= 11 is 0. The zero-order valence-electron chi connectivity index (χ0n) is 10.1. The highest BCUT2D eigenvalue weighted by atomic mass is 16.5. The molecule has 1 aliphatic carbocycles. The van der Waals surface area contributed by atoms with Gasteiger partial charge in [-0.1, -0.05) is 12.1 Å². The molecule has 1 aromatic carbocycles. The van der Waals surface area contributed by atoms with Crippen molar-refractivity contribution in [3.05, 3.63) is 29.8 Å². The molecular formula is C14H17NO2. The molecule has 2 bridgehead atoms. The van der Waals surface area contributed by atoms with Gasteiger partial charge in [0.1, 0.15) is 5.75 Å². The van der Waals surface area contributed by atoms with Crippen molar-refractivity contribution >= 4 is 0 Å². The summed E-state index contributed by atoms with van der Waals surface area (Å²) in [6.07, 6.45) is 5.88. The average molecular weight is 231 g/mol. The molecule has 3 heteroatoms. The van der Waals surface area contributed by atoms with E-state index in [1.807, 2.05) is 24.3 Å². The minimum atomic E-state index is 0.462. The zero-order chi connectivity index (χ0) is 12.1. The molecule has 2 atom stereocenters. The molecule has 1 aromatic rings. The Labute approximate surface area is 102 Å². The summed E-state index contributed by atoms with van der Waals surface area (Å²) in [7, 11) is 1.62. The normalized spacial score (nSPS) is 24.0. The molecule has 0 aromatic heterocycles. The van der Waals surface area contributed by atoms with Crippen LogP contribution in [0.3, 0.4) is 0 Å². The number of hydrogen-bond acceptors (Lipinski definition) is 3. The van der Waals surface area contributed by atoms with Crippen molar-refractivity contribution in [2.24, 2.45) is 0 Å². The summed E-state index contributed by atoms with van der Waals surface area (Å²) in [4.78, 5) is 0. The number of nitriles is 1. The van der Waals surface area contributed by atoms with Crippen LogP contribution in [0.4, 0.5) is 0 Å². The Morgan fingerprint density at radius 1 is 1.29 bits per heavy atom. The van der Waals surface area contributed by atoms with Crippen molar-refractivity contribution in [1.82, 2.24) is 0 Å². The van der Waals surface area contributed by atoms with Crippen molar-refractivity contribution in [3.63, 3.8) is 0 Å². The third-order valence-electron chi connectivity index (χ3n) is 3.16. The summed E-state index contributed by atoms with van der Waals surface area (Å²) < 4.78 is 10.2. The second-order valence-corrected chi connectivity index (χ2v) is 4.38. The Morgan fingerprint density at radius 2 is 1.88 bits per heavy atom. The lowest BCUT2D eigenvalue weighted by molar-refractivity contribution is -0.0647. The van der Waals surface area contributed by atoms with Crippen LogP contribution in [-0.4, -0.2) is 19.3 Å². The third kappa shape index (κ3) is 3.21. The van der Waals surface area contributed by atoms with Crippen molar-refractivity contribution < 1.29 is 9.47 Å². The van der Waals surface area contributed by atoms with Crippen LogP contribution in [0.1, 0.15) is 24.8 Å². The van der Waals surface area contributed by atoms with Crippen LogP contribution in [0.25, 0.3) is 0 Å². The smallest absolute Gasteiger partial charge is 0.118 e. The van der Waals surface area contributed by atoms with Crippen molar-refractivity contribution in [2.75, 3.05) is 7.11 Å². The van der Waals surface area contributed by atoms with Gasteiger partial charge >= 0.3 is 0 Å². The number of nitrogens with zero attached hydrogens (tertiary/aromatic N) is 1. The average Bonchev–Trinajstić information content (AvgIpc) is 2.95. The summed E-state index contributed by atoms with van der Waals surface area (Å²) in [6.45, 7) is 0. The fraction of sp³-hybridized carbons (Fsp3) is 0.500. The monoisotopic (exact) mass is 231 g/mol. The van der Waals surface area contributed by atoms with Crippen LogP contribution in [-0.2, 0) is 11.2 Å². The van der Waals surface area contributed by atoms with Gasteiger partial charge in [0.15, 0.2) is 0 Å². The molecule has 0 amide bonds. The van der Waals surface area contributed by atoms with E-state index in [1.54, 1.807) is 7.11 Å². The summed E-state index contributed by atoms with van der Waals surface area (Å²) in [5.41, 5.74) is 1.02. The van der Waals surface area contributed by atoms with Crippen LogP contribution in [0.15, 0.2) is 24.3 Å². The fourth-order valence-electron chi connectivity index (χ4n) is 2.13. The van der Waals surface area contributed by atoms with Crippen molar-refractivity contribution in [1.29, 1.82) is 5.26 Å². The maximum Gasteiger partial charge on any atom is 0.118 e. The predicted molar refractivity (Wildman–Crippen MR) is 64.8 cm³/mol. The van der Waals surface area contributed by atoms with E-state index in [1.165, 1.54) is 19.3 Å². The highest BCUT2D eigenvalue weighted by Crippen LogP contribution is 2.36. The summed E-state index contributed by atoms with van der Waals surface area (Å²) in [5.74, 6) is 0.826. The van der Waals surface area contributed by atoms with Gasteiger partial charge in [-0.25, -0.2) is 0 Å². The summed E-state index contributed by atoms with van der Waals surface area (Å²) in [5, 5.41) is 8.36. The van der Waals surface area contributed by atoms with Crippen LogP contribution in [0.5, 0.6) is 5.75 Å². The molecule has 2 heterocycles. The molecule has 90 valence electrons. The number of methoxy groups -OCH3 is 1. The first-order chi connectivity index (χ1) is 8.31. The van der Waals surface area contributed by atoms with Gasteiger partial charge in [0.05, 0.1) is 31.8 Å².